The lowest BCUT2D eigenvalue weighted by atomic mass is 10.0. The Balaban J connectivity index is 1.74. The van der Waals surface area contributed by atoms with Crippen molar-refractivity contribution in [3.8, 4) is 22.8 Å². The van der Waals surface area contributed by atoms with Crippen LogP contribution in [0, 0.1) is 13.8 Å². The van der Waals surface area contributed by atoms with E-state index in [2.05, 4.69) is 47.6 Å². The van der Waals surface area contributed by atoms with E-state index in [-0.39, 0.29) is 0 Å². The lowest BCUT2D eigenvalue weighted by molar-refractivity contribution is 0.311. The van der Waals surface area contributed by atoms with E-state index in [0.29, 0.717) is 23.1 Å². The van der Waals surface area contributed by atoms with Crippen molar-refractivity contribution in [3.05, 3.63) is 57.4 Å². The van der Waals surface area contributed by atoms with Crippen LogP contribution in [0.1, 0.15) is 23.6 Å². The molecular weight excluding hydrogens is 394 g/mol. The zero-order chi connectivity index (χ0) is 20.1. The topological polar surface area (TPSA) is 55.7 Å². The molecule has 0 saturated carbocycles. The fourth-order valence-electron chi connectivity index (χ4n) is 2.84. The Labute approximate surface area is 174 Å². The van der Waals surface area contributed by atoms with E-state index >= 15 is 0 Å². The molecule has 0 aliphatic heterocycles. The number of halogens is 1. The maximum absolute atomic E-state index is 6.27. The van der Waals surface area contributed by atoms with E-state index in [1.165, 1.54) is 22.5 Å². The molecule has 3 aromatic rings. The Bertz CT molecular complexity index is 1000. The monoisotopic (exact) mass is 415 g/mol. The van der Waals surface area contributed by atoms with Gasteiger partial charge in [-0.1, -0.05) is 35.4 Å². The molecule has 1 aromatic heterocycles. The van der Waals surface area contributed by atoms with E-state index in [4.69, 9.17) is 21.1 Å². The fourth-order valence-corrected chi connectivity index (χ4v) is 3.79. The van der Waals surface area contributed by atoms with Crippen molar-refractivity contribution < 1.29 is 9.47 Å². The van der Waals surface area contributed by atoms with Crippen LogP contribution in [0.5, 0.6) is 11.5 Å². The van der Waals surface area contributed by atoms with Gasteiger partial charge in [-0.25, -0.2) is 4.98 Å². The van der Waals surface area contributed by atoms with Gasteiger partial charge in [0.15, 0.2) is 11.5 Å². The second-order valence-electron chi connectivity index (χ2n) is 6.19. The summed E-state index contributed by atoms with van der Waals surface area (Å²) in [6.07, 6.45) is 1.67. The third-order valence-electron chi connectivity index (χ3n) is 4.07. The molecule has 0 saturated heterocycles. The summed E-state index contributed by atoms with van der Waals surface area (Å²) in [6.45, 7) is 6.61. The number of aryl methyl sites for hydroxylation is 2. The zero-order valence-electron chi connectivity index (χ0n) is 16.2. The molecule has 0 unspecified atom stereocenters. The van der Waals surface area contributed by atoms with Crippen molar-refractivity contribution in [2.75, 3.05) is 19.1 Å². The summed E-state index contributed by atoms with van der Waals surface area (Å²) in [5.74, 6) is 1.11. The van der Waals surface area contributed by atoms with E-state index in [1.54, 1.807) is 19.4 Å². The molecule has 0 amide bonds. The van der Waals surface area contributed by atoms with Gasteiger partial charge in [-0.15, -0.1) is 11.3 Å². The maximum atomic E-state index is 6.27. The Hall–Kier alpha value is -2.57. The number of nitrogens with one attached hydrogen (secondary N) is 1. The molecule has 0 bridgehead atoms. The van der Waals surface area contributed by atoms with Gasteiger partial charge < -0.3 is 9.47 Å². The molecule has 1 N–H and O–H groups in total. The number of hydrogen-bond acceptors (Lipinski definition) is 6. The number of anilines is 1. The predicted molar refractivity (Wildman–Crippen MR) is 117 cm³/mol. The number of hydrazone groups is 1. The Kier molecular flexibility index (Phi) is 6.54. The van der Waals surface area contributed by atoms with E-state index in [1.807, 2.05) is 18.4 Å². The number of rotatable bonds is 7. The summed E-state index contributed by atoms with van der Waals surface area (Å²) >= 11 is 7.77. The minimum atomic E-state index is 0.473. The average Bonchev–Trinajstić information content (AvgIpc) is 3.10. The van der Waals surface area contributed by atoms with Gasteiger partial charge in [0.05, 0.1) is 30.6 Å². The molecule has 0 aliphatic rings. The maximum Gasteiger partial charge on any atom is 0.203 e. The van der Waals surface area contributed by atoms with Crippen LogP contribution in [0.3, 0.4) is 0 Å². The van der Waals surface area contributed by atoms with Gasteiger partial charge in [0, 0.05) is 10.9 Å². The van der Waals surface area contributed by atoms with Crippen LogP contribution in [0.15, 0.2) is 40.8 Å². The number of hydrogen-bond donors (Lipinski definition) is 1. The van der Waals surface area contributed by atoms with Gasteiger partial charge >= 0.3 is 0 Å². The van der Waals surface area contributed by atoms with Crippen molar-refractivity contribution in [1.82, 2.24) is 4.98 Å². The first kappa shape index (κ1) is 20.2. The highest BCUT2D eigenvalue weighted by atomic mass is 35.5. The Morgan fingerprint density at radius 3 is 2.79 bits per heavy atom. The molecule has 5 nitrogen and oxygen atoms in total. The zero-order valence-corrected chi connectivity index (χ0v) is 17.8. The summed E-state index contributed by atoms with van der Waals surface area (Å²) in [4.78, 5) is 4.62. The number of nitrogens with zero attached hydrogens (tertiary/aromatic N) is 2. The van der Waals surface area contributed by atoms with Gasteiger partial charge in [-0.2, -0.15) is 5.10 Å². The largest absolute Gasteiger partial charge is 0.491 e. The molecule has 0 spiro atoms. The Morgan fingerprint density at radius 2 is 2.07 bits per heavy atom. The number of aromatic nitrogens is 1. The first-order valence-electron chi connectivity index (χ1n) is 8.84. The molecule has 0 fully saturated rings. The van der Waals surface area contributed by atoms with Crippen LogP contribution in [0.4, 0.5) is 5.13 Å². The fraction of sp³-hybridized carbons (Fsp3) is 0.238. The van der Waals surface area contributed by atoms with Crippen LogP contribution < -0.4 is 14.9 Å². The van der Waals surface area contributed by atoms with E-state index in [9.17, 15) is 0 Å². The van der Waals surface area contributed by atoms with E-state index < -0.39 is 0 Å². The summed E-state index contributed by atoms with van der Waals surface area (Å²) in [6, 6.07) is 9.96. The highest BCUT2D eigenvalue weighted by Crippen LogP contribution is 2.36. The molecule has 0 radical (unpaired) electrons. The summed E-state index contributed by atoms with van der Waals surface area (Å²) in [5.41, 5.74) is 8.28. The molecule has 0 aliphatic carbocycles. The summed E-state index contributed by atoms with van der Waals surface area (Å²) < 4.78 is 10.9. The summed E-state index contributed by atoms with van der Waals surface area (Å²) in [7, 11) is 1.56. The van der Waals surface area contributed by atoms with Crippen molar-refractivity contribution in [1.29, 1.82) is 0 Å². The number of benzene rings is 2. The Morgan fingerprint density at radius 1 is 1.25 bits per heavy atom. The first-order chi connectivity index (χ1) is 13.5. The van der Waals surface area contributed by atoms with Crippen LogP contribution in [0.25, 0.3) is 11.3 Å². The molecular formula is C21H22ClN3O2S. The average molecular weight is 416 g/mol. The normalized spacial score (nSPS) is 11.0. The van der Waals surface area contributed by atoms with E-state index in [0.717, 1.165) is 22.0 Å². The minimum absolute atomic E-state index is 0.473. The van der Waals surface area contributed by atoms with Gasteiger partial charge in [-0.3, -0.25) is 5.43 Å². The second kappa shape index (κ2) is 9.08. The highest BCUT2D eigenvalue weighted by molar-refractivity contribution is 7.14. The predicted octanol–water partition coefficient (Wildman–Crippen LogP) is 5.93. The lowest BCUT2D eigenvalue weighted by Crippen LogP contribution is -1.98. The molecule has 146 valence electrons. The molecule has 0 atom stereocenters. The van der Waals surface area contributed by atoms with Crippen molar-refractivity contribution in [3.63, 3.8) is 0 Å². The highest BCUT2D eigenvalue weighted by Gasteiger charge is 2.11. The van der Waals surface area contributed by atoms with Crippen LogP contribution in [-0.2, 0) is 0 Å². The number of ether oxygens (including phenoxy) is 2. The van der Waals surface area contributed by atoms with Crippen molar-refractivity contribution in [2.24, 2.45) is 5.10 Å². The number of methoxy groups -OCH3 is 1. The summed E-state index contributed by atoms with van der Waals surface area (Å²) in [5, 5.41) is 7.48. The molecule has 28 heavy (non-hydrogen) atoms. The smallest absolute Gasteiger partial charge is 0.203 e. The van der Waals surface area contributed by atoms with Crippen LogP contribution in [-0.4, -0.2) is 24.9 Å². The van der Waals surface area contributed by atoms with Crippen molar-refractivity contribution >= 4 is 34.3 Å². The van der Waals surface area contributed by atoms with Gasteiger partial charge in [0.1, 0.15) is 0 Å². The van der Waals surface area contributed by atoms with Gasteiger partial charge in [-0.05, 0) is 44.0 Å². The first-order valence-corrected chi connectivity index (χ1v) is 10.1. The lowest BCUT2D eigenvalue weighted by Gasteiger charge is -2.11. The SMILES string of the molecule is CCOc1cc(/C=N\Nc2nc(-c3ccc(C)cc3C)cs2)cc(Cl)c1OC. The molecule has 7 heteroatoms. The van der Waals surface area contributed by atoms with Gasteiger partial charge in [0.25, 0.3) is 0 Å². The third kappa shape index (κ3) is 4.64. The number of thiazole rings is 1. The molecule has 1 heterocycles. The van der Waals surface area contributed by atoms with Gasteiger partial charge in [0.2, 0.25) is 5.13 Å². The van der Waals surface area contributed by atoms with Crippen LogP contribution in [0.2, 0.25) is 5.02 Å². The van der Waals surface area contributed by atoms with Crippen LogP contribution >= 0.6 is 22.9 Å². The van der Waals surface area contributed by atoms with Crippen molar-refractivity contribution in [2.45, 2.75) is 20.8 Å². The standard InChI is InChI=1S/C21H22ClN3O2S/c1-5-27-19-10-15(9-17(22)20(19)26-4)11-23-25-21-24-18(12-28-21)16-7-6-13(2)8-14(16)3/h6-12H,5H2,1-4H3,(H,24,25)/b23-11-. The second-order valence-corrected chi connectivity index (χ2v) is 7.46. The quantitative estimate of drug-likeness (QED) is 0.383. The molecule has 3 rings (SSSR count). The molecule has 2 aromatic carbocycles. The third-order valence-corrected chi connectivity index (χ3v) is 5.10. The minimum Gasteiger partial charge on any atom is -0.491 e.